The van der Waals surface area contributed by atoms with E-state index in [0.29, 0.717) is 6.54 Å². The Bertz CT molecular complexity index is 820. The Morgan fingerprint density at radius 3 is 2.83 bits per heavy atom. The minimum Gasteiger partial charge on any atom is -0.350 e. The summed E-state index contributed by atoms with van der Waals surface area (Å²) < 4.78 is 24.2. The highest BCUT2D eigenvalue weighted by Gasteiger charge is 2.37. The van der Waals surface area contributed by atoms with Gasteiger partial charge in [0.1, 0.15) is 5.01 Å². The first-order chi connectivity index (χ1) is 11.3. The lowest BCUT2D eigenvalue weighted by molar-refractivity contribution is -0.122. The molecule has 1 aromatic carbocycles. The Kier molecular flexibility index (Phi) is 5.10. The molecular formula is C15H18ClN3O3S2. The Balaban J connectivity index is 1.54. The number of sulfone groups is 1. The molecule has 1 aliphatic rings. The summed E-state index contributed by atoms with van der Waals surface area (Å²) in [5.74, 6) is -0.401. The Morgan fingerprint density at radius 2 is 2.17 bits per heavy atom. The van der Waals surface area contributed by atoms with Crippen molar-refractivity contribution in [2.75, 3.05) is 25.1 Å². The van der Waals surface area contributed by atoms with E-state index in [-0.39, 0.29) is 24.0 Å². The maximum absolute atomic E-state index is 12.1. The zero-order valence-corrected chi connectivity index (χ0v) is 15.5. The van der Waals surface area contributed by atoms with E-state index in [4.69, 9.17) is 11.6 Å². The Morgan fingerprint density at radius 1 is 1.42 bits per heavy atom. The van der Waals surface area contributed by atoms with Gasteiger partial charge in [0.15, 0.2) is 9.84 Å². The van der Waals surface area contributed by atoms with Gasteiger partial charge in [0.25, 0.3) is 0 Å². The van der Waals surface area contributed by atoms with E-state index in [9.17, 15) is 13.2 Å². The SMILES string of the molecule is CN(CC(=O)N[C@@H]1CS(=O)(=O)C[C@@H]1Cl)Cc1nc2ccccc2s1. The first kappa shape index (κ1) is 17.6. The molecule has 1 amide bonds. The zero-order valence-electron chi connectivity index (χ0n) is 13.1. The second-order valence-electron chi connectivity index (χ2n) is 6.01. The molecule has 2 heterocycles. The quantitative estimate of drug-likeness (QED) is 0.781. The third kappa shape index (κ3) is 4.24. The summed E-state index contributed by atoms with van der Waals surface area (Å²) in [6.45, 7) is 0.718. The number of benzene rings is 1. The summed E-state index contributed by atoms with van der Waals surface area (Å²) in [6.07, 6.45) is 0. The van der Waals surface area contributed by atoms with Crippen molar-refractivity contribution in [3.63, 3.8) is 0 Å². The smallest absolute Gasteiger partial charge is 0.234 e. The van der Waals surface area contributed by atoms with Crippen LogP contribution in [0, 0.1) is 0 Å². The number of alkyl halides is 1. The second kappa shape index (κ2) is 6.95. The predicted octanol–water partition coefficient (Wildman–Crippen LogP) is 1.25. The van der Waals surface area contributed by atoms with Crippen molar-refractivity contribution >= 4 is 48.9 Å². The van der Waals surface area contributed by atoms with Crippen molar-refractivity contribution in [2.24, 2.45) is 0 Å². The zero-order chi connectivity index (χ0) is 17.3. The lowest BCUT2D eigenvalue weighted by Crippen LogP contribution is -2.44. The van der Waals surface area contributed by atoms with E-state index in [0.717, 1.165) is 15.2 Å². The van der Waals surface area contributed by atoms with Gasteiger partial charge in [-0.2, -0.15) is 0 Å². The van der Waals surface area contributed by atoms with E-state index < -0.39 is 21.3 Å². The van der Waals surface area contributed by atoms with Crippen molar-refractivity contribution in [2.45, 2.75) is 18.0 Å². The highest BCUT2D eigenvalue weighted by molar-refractivity contribution is 7.91. The Labute approximate surface area is 149 Å². The van der Waals surface area contributed by atoms with Crippen LogP contribution in [0.2, 0.25) is 0 Å². The Hall–Kier alpha value is -1.22. The maximum Gasteiger partial charge on any atom is 0.234 e. The molecule has 1 saturated heterocycles. The van der Waals surface area contributed by atoms with Gasteiger partial charge in [0.2, 0.25) is 5.91 Å². The number of amides is 1. The van der Waals surface area contributed by atoms with Gasteiger partial charge in [0.05, 0.1) is 46.2 Å². The largest absolute Gasteiger partial charge is 0.350 e. The molecular weight excluding hydrogens is 370 g/mol. The summed E-state index contributed by atoms with van der Waals surface area (Å²) in [6, 6.07) is 7.38. The fourth-order valence-corrected chi connectivity index (χ4v) is 6.31. The van der Waals surface area contributed by atoms with Gasteiger partial charge in [0, 0.05) is 0 Å². The fraction of sp³-hybridized carbons (Fsp3) is 0.467. The first-order valence-electron chi connectivity index (χ1n) is 7.49. The van der Waals surface area contributed by atoms with Gasteiger partial charge in [-0.25, -0.2) is 13.4 Å². The summed E-state index contributed by atoms with van der Waals surface area (Å²) >= 11 is 7.60. The summed E-state index contributed by atoms with van der Waals surface area (Å²) in [5.41, 5.74) is 0.955. The number of rotatable bonds is 5. The van der Waals surface area contributed by atoms with Crippen molar-refractivity contribution in [1.29, 1.82) is 0 Å². The highest BCUT2D eigenvalue weighted by atomic mass is 35.5. The van der Waals surface area contributed by atoms with E-state index in [1.165, 1.54) is 0 Å². The number of halogens is 1. The van der Waals surface area contributed by atoms with Crippen LogP contribution >= 0.6 is 22.9 Å². The molecule has 2 aromatic rings. The molecule has 2 atom stereocenters. The van der Waals surface area contributed by atoms with Gasteiger partial charge in [-0.3, -0.25) is 9.69 Å². The topological polar surface area (TPSA) is 79.4 Å². The number of likely N-dealkylation sites (N-methyl/N-ethyl adjacent to an activating group) is 1. The molecule has 0 spiro atoms. The molecule has 6 nitrogen and oxygen atoms in total. The van der Waals surface area contributed by atoms with Crippen LogP contribution in [0.4, 0.5) is 0 Å². The highest BCUT2D eigenvalue weighted by Crippen LogP contribution is 2.22. The molecule has 0 saturated carbocycles. The average Bonchev–Trinajstić information content (AvgIpc) is 2.97. The van der Waals surface area contributed by atoms with Crippen molar-refractivity contribution in [3.8, 4) is 0 Å². The van der Waals surface area contributed by atoms with Crippen molar-refractivity contribution < 1.29 is 13.2 Å². The lowest BCUT2D eigenvalue weighted by Gasteiger charge is -2.18. The van der Waals surface area contributed by atoms with Gasteiger partial charge in [-0.05, 0) is 19.2 Å². The molecule has 1 N–H and O–H groups in total. The van der Waals surface area contributed by atoms with Crippen molar-refractivity contribution in [3.05, 3.63) is 29.3 Å². The molecule has 1 fully saturated rings. The molecule has 0 unspecified atom stereocenters. The normalized spacial score (nSPS) is 23.0. The molecule has 0 radical (unpaired) electrons. The number of fused-ring (bicyclic) bond motifs is 1. The molecule has 1 aromatic heterocycles. The minimum atomic E-state index is -3.15. The molecule has 130 valence electrons. The van der Waals surface area contributed by atoms with Gasteiger partial charge < -0.3 is 5.32 Å². The number of nitrogens with zero attached hydrogens (tertiary/aromatic N) is 2. The van der Waals surface area contributed by atoms with E-state index in [2.05, 4.69) is 10.3 Å². The van der Waals surface area contributed by atoms with Crippen LogP contribution in [0.5, 0.6) is 0 Å². The molecule has 0 aliphatic carbocycles. The number of carbonyl (C=O) groups is 1. The van der Waals surface area contributed by atoms with Gasteiger partial charge in [-0.15, -0.1) is 22.9 Å². The fourth-order valence-electron chi connectivity index (χ4n) is 2.71. The summed E-state index contributed by atoms with van der Waals surface area (Å²) in [5, 5.41) is 3.09. The van der Waals surface area contributed by atoms with Crippen LogP contribution in [0.1, 0.15) is 5.01 Å². The average molecular weight is 388 g/mol. The monoisotopic (exact) mass is 387 g/mol. The van der Waals surface area contributed by atoms with Crippen molar-refractivity contribution in [1.82, 2.24) is 15.2 Å². The molecule has 3 rings (SSSR count). The maximum atomic E-state index is 12.1. The van der Waals surface area contributed by atoms with Crippen LogP contribution in [0.15, 0.2) is 24.3 Å². The van der Waals surface area contributed by atoms with Crippen LogP contribution in [0.25, 0.3) is 10.2 Å². The lowest BCUT2D eigenvalue weighted by atomic mass is 10.2. The number of carbonyl (C=O) groups excluding carboxylic acids is 1. The third-order valence-electron chi connectivity index (χ3n) is 3.79. The number of aromatic nitrogens is 1. The molecule has 9 heteroatoms. The van der Waals surface area contributed by atoms with Crippen LogP contribution in [-0.2, 0) is 21.2 Å². The van der Waals surface area contributed by atoms with Gasteiger partial charge in [-0.1, -0.05) is 12.1 Å². The number of nitrogens with one attached hydrogen (secondary N) is 1. The second-order valence-corrected chi connectivity index (χ2v) is 9.84. The first-order valence-corrected chi connectivity index (χ1v) is 10.6. The minimum absolute atomic E-state index is 0.0823. The third-order valence-corrected chi connectivity index (χ3v) is 7.18. The van der Waals surface area contributed by atoms with Crippen LogP contribution < -0.4 is 5.32 Å². The molecule has 24 heavy (non-hydrogen) atoms. The van der Waals surface area contributed by atoms with Crippen LogP contribution in [-0.4, -0.2) is 60.7 Å². The molecule has 0 bridgehead atoms. The standard InChI is InChI=1S/C15H18ClN3O3S2/c1-19(7-15-18-11-4-2-3-5-13(11)23-15)6-14(20)17-12-9-24(21,22)8-10(12)16/h2-5,10,12H,6-9H2,1H3,(H,17,20)/t10-,12+/m0/s1. The number of para-hydroxylation sites is 1. The van der Waals surface area contributed by atoms with Gasteiger partial charge >= 0.3 is 0 Å². The predicted molar refractivity (Wildman–Crippen MR) is 96.2 cm³/mol. The van der Waals surface area contributed by atoms with E-state index in [1.54, 1.807) is 11.3 Å². The summed E-state index contributed by atoms with van der Waals surface area (Å²) in [4.78, 5) is 18.5. The van der Waals surface area contributed by atoms with E-state index in [1.807, 2.05) is 36.2 Å². The molecule has 1 aliphatic heterocycles. The number of thiazole rings is 1. The van der Waals surface area contributed by atoms with E-state index >= 15 is 0 Å². The summed E-state index contributed by atoms with van der Waals surface area (Å²) in [7, 11) is -1.32. The number of hydrogen-bond donors (Lipinski definition) is 1. The van der Waals surface area contributed by atoms with Crippen LogP contribution in [0.3, 0.4) is 0 Å². The number of hydrogen-bond acceptors (Lipinski definition) is 6.